The number of methoxy groups -OCH3 is 1. The van der Waals surface area contributed by atoms with Crippen LogP contribution in [0.2, 0.25) is 0 Å². The molecule has 1 saturated heterocycles. The van der Waals surface area contributed by atoms with Gasteiger partial charge in [-0.1, -0.05) is 24.3 Å². The molecule has 9 nitrogen and oxygen atoms in total. The first-order valence-electron chi connectivity index (χ1n) is 9.82. The summed E-state index contributed by atoms with van der Waals surface area (Å²) < 4.78 is 16.7. The van der Waals surface area contributed by atoms with Crippen LogP contribution < -0.4 is 4.74 Å². The van der Waals surface area contributed by atoms with Crippen molar-refractivity contribution in [1.29, 1.82) is 0 Å². The van der Waals surface area contributed by atoms with Crippen molar-refractivity contribution in [2.75, 3.05) is 13.7 Å². The third kappa shape index (κ3) is 4.06. The molecule has 1 fully saturated rings. The number of ether oxygens (including phenoxy) is 2. The van der Waals surface area contributed by atoms with Crippen molar-refractivity contribution >= 4 is 0 Å². The third-order valence-corrected chi connectivity index (χ3v) is 5.40. The smallest absolute Gasteiger partial charge is 0.251 e. The van der Waals surface area contributed by atoms with Crippen LogP contribution in [0.15, 0.2) is 46.9 Å². The topological polar surface area (TPSA) is 138 Å². The Hall–Kier alpha value is -2.82. The highest BCUT2D eigenvalue weighted by molar-refractivity contribution is 5.73. The molecule has 3 aromatic rings. The van der Waals surface area contributed by atoms with Gasteiger partial charge in [0.05, 0.1) is 19.3 Å². The fourth-order valence-electron chi connectivity index (χ4n) is 3.73. The third-order valence-electron chi connectivity index (χ3n) is 5.40. The van der Waals surface area contributed by atoms with E-state index in [9.17, 15) is 20.4 Å². The van der Waals surface area contributed by atoms with Crippen LogP contribution in [-0.4, -0.2) is 68.8 Å². The van der Waals surface area contributed by atoms with Gasteiger partial charge in [0.15, 0.2) is 0 Å². The first kappa shape index (κ1) is 21.4. The van der Waals surface area contributed by atoms with Gasteiger partial charge in [0.2, 0.25) is 5.89 Å². The predicted octanol–water partition coefficient (Wildman–Crippen LogP) is 1.24. The zero-order chi connectivity index (χ0) is 22.1. The van der Waals surface area contributed by atoms with Crippen LogP contribution in [0.25, 0.3) is 22.6 Å². The first-order chi connectivity index (χ1) is 14.9. The van der Waals surface area contributed by atoms with Crippen LogP contribution >= 0.6 is 0 Å². The molecule has 2 heterocycles. The highest BCUT2D eigenvalue weighted by Crippen LogP contribution is 2.36. The molecule has 31 heavy (non-hydrogen) atoms. The van der Waals surface area contributed by atoms with Crippen molar-refractivity contribution in [2.24, 2.45) is 0 Å². The molecular weight excluding hydrogens is 404 g/mol. The van der Waals surface area contributed by atoms with Crippen LogP contribution in [0.4, 0.5) is 0 Å². The van der Waals surface area contributed by atoms with Gasteiger partial charge in [-0.15, -0.1) is 10.2 Å². The normalized spacial score (nSPS) is 26.1. The van der Waals surface area contributed by atoms with E-state index in [1.54, 1.807) is 26.2 Å². The Morgan fingerprint density at radius 1 is 0.968 bits per heavy atom. The number of nitrogens with zero attached hydrogens (tertiary/aromatic N) is 2. The molecule has 9 heteroatoms. The lowest BCUT2D eigenvalue weighted by atomic mass is 9.90. The summed E-state index contributed by atoms with van der Waals surface area (Å²) >= 11 is 0. The van der Waals surface area contributed by atoms with Gasteiger partial charge < -0.3 is 34.3 Å². The van der Waals surface area contributed by atoms with Crippen LogP contribution in [0.1, 0.15) is 17.6 Å². The van der Waals surface area contributed by atoms with Crippen LogP contribution in [0.3, 0.4) is 0 Å². The van der Waals surface area contributed by atoms with Gasteiger partial charge in [-0.25, -0.2) is 0 Å². The summed E-state index contributed by atoms with van der Waals surface area (Å²) in [5.41, 5.74) is 2.92. The fraction of sp³-hybridized carbons (Fsp3) is 0.364. The summed E-state index contributed by atoms with van der Waals surface area (Å²) in [6.07, 6.45) is -6.05. The van der Waals surface area contributed by atoms with Crippen molar-refractivity contribution in [3.63, 3.8) is 0 Å². The van der Waals surface area contributed by atoms with Crippen molar-refractivity contribution in [3.05, 3.63) is 53.9 Å². The molecule has 164 valence electrons. The van der Waals surface area contributed by atoms with Crippen LogP contribution in [0, 0.1) is 6.92 Å². The van der Waals surface area contributed by atoms with Gasteiger partial charge in [-0.05, 0) is 34.9 Å². The number of rotatable bonds is 5. The van der Waals surface area contributed by atoms with E-state index < -0.39 is 37.1 Å². The second kappa shape index (κ2) is 8.74. The first-order valence-corrected chi connectivity index (χ1v) is 9.82. The van der Waals surface area contributed by atoms with E-state index in [1.165, 1.54) is 0 Å². The highest BCUT2D eigenvalue weighted by Gasteiger charge is 2.43. The Bertz CT molecular complexity index is 1050. The maximum Gasteiger partial charge on any atom is 0.251 e. The largest absolute Gasteiger partial charge is 0.496 e. The molecule has 0 aliphatic carbocycles. The lowest BCUT2D eigenvalue weighted by Crippen LogP contribution is -2.55. The standard InChI is InChI=1S/C22H24N2O7/c1-11-23-24-22(30-11)15-7-6-13(9-16(15)29-2)12-4-3-5-14(8-12)21-20(28)19(27)18(26)17(10-25)31-21/h3-9,17-21,25-28H,10H2,1-2H3/t17-,18-,19+,20+,21-/m1/s1. The van der Waals surface area contributed by atoms with Gasteiger partial charge in [-0.2, -0.15) is 0 Å². The summed E-state index contributed by atoms with van der Waals surface area (Å²) in [5, 5.41) is 47.8. The second-order valence-electron chi connectivity index (χ2n) is 7.42. The van der Waals surface area contributed by atoms with Gasteiger partial charge in [0.25, 0.3) is 5.89 Å². The molecular formula is C22H24N2O7. The molecule has 2 aromatic carbocycles. The van der Waals surface area contributed by atoms with Gasteiger partial charge in [-0.3, -0.25) is 0 Å². The van der Waals surface area contributed by atoms with Gasteiger partial charge >= 0.3 is 0 Å². The maximum absolute atomic E-state index is 10.4. The van der Waals surface area contributed by atoms with Crippen molar-refractivity contribution < 1.29 is 34.3 Å². The number of hydrogen-bond donors (Lipinski definition) is 4. The zero-order valence-corrected chi connectivity index (χ0v) is 17.0. The second-order valence-corrected chi connectivity index (χ2v) is 7.42. The van der Waals surface area contributed by atoms with E-state index in [0.717, 1.165) is 11.1 Å². The van der Waals surface area contributed by atoms with Crippen molar-refractivity contribution in [2.45, 2.75) is 37.4 Å². The molecule has 5 atom stereocenters. The van der Waals surface area contributed by atoms with Gasteiger partial charge in [0, 0.05) is 6.92 Å². The Kier molecular flexibility index (Phi) is 6.03. The fourth-order valence-corrected chi connectivity index (χ4v) is 3.73. The molecule has 0 amide bonds. The quantitative estimate of drug-likeness (QED) is 0.473. The highest BCUT2D eigenvalue weighted by atomic mass is 16.5. The minimum atomic E-state index is -1.43. The summed E-state index contributed by atoms with van der Waals surface area (Å²) in [7, 11) is 1.55. The maximum atomic E-state index is 10.4. The van der Waals surface area contributed by atoms with Gasteiger partial charge in [0.1, 0.15) is 36.3 Å². The lowest BCUT2D eigenvalue weighted by Gasteiger charge is -2.40. The zero-order valence-electron chi connectivity index (χ0n) is 17.0. The molecule has 0 unspecified atom stereocenters. The monoisotopic (exact) mass is 428 g/mol. The minimum absolute atomic E-state index is 0.357. The van der Waals surface area contributed by atoms with Crippen LogP contribution in [-0.2, 0) is 4.74 Å². The minimum Gasteiger partial charge on any atom is -0.496 e. The predicted molar refractivity (Wildman–Crippen MR) is 109 cm³/mol. The summed E-state index contributed by atoms with van der Waals surface area (Å²) in [4.78, 5) is 0. The summed E-state index contributed by atoms with van der Waals surface area (Å²) in [6.45, 7) is 1.23. The van der Waals surface area contributed by atoms with E-state index in [1.807, 2.05) is 30.3 Å². The van der Waals surface area contributed by atoms with E-state index in [0.29, 0.717) is 28.7 Å². The molecule has 1 aliphatic rings. The Labute approximate surface area is 178 Å². The number of aromatic nitrogens is 2. The van der Waals surface area contributed by atoms with Crippen molar-refractivity contribution in [3.8, 4) is 28.3 Å². The summed E-state index contributed by atoms with van der Waals surface area (Å²) in [6, 6.07) is 12.8. The number of aliphatic hydroxyl groups is 4. The molecule has 0 bridgehead atoms. The van der Waals surface area contributed by atoms with Crippen molar-refractivity contribution in [1.82, 2.24) is 10.2 Å². The molecule has 0 saturated carbocycles. The van der Waals surface area contributed by atoms with E-state index >= 15 is 0 Å². The number of hydrogen-bond acceptors (Lipinski definition) is 9. The Balaban J connectivity index is 1.67. The number of aliphatic hydroxyl groups excluding tert-OH is 4. The average molecular weight is 428 g/mol. The van der Waals surface area contributed by atoms with E-state index in [-0.39, 0.29) is 0 Å². The molecule has 0 spiro atoms. The molecule has 4 N–H and O–H groups in total. The average Bonchev–Trinajstić information content (AvgIpc) is 3.23. The summed E-state index contributed by atoms with van der Waals surface area (Å²) in [5.74, 6) is 1.36. The SMILES string of the molecule is COc1cc(-c2cccc([C@H]3O[C@H](CO)[C@@H](O)[C@H](O)[C@@H]3O)c2)ccc1-c1nnc(C)o1. The lowest BCUT2D eigenvalue weighted by molar-refractivity contribution is -0.231. The molecule has 0 radical (unpaired) electrons. The number of aryl methyl sites for hydroxylation is 1. The number of benzene rings is 2. The molecule has 4 rings (SSSR count). The van der Waals surface area contributed by atoms with E-state index in [2.05, 4.69) is 10.2 Å². The van der Waals surface area contributed by atoms with Crippen LogP contribution in [0.5, 0.6) is 5.75 Å². The molecule has 1 aliphatic heterocycles. The molecule has 1 aromatic heterocycles. The Morgan fingerprint density at radius 3 is 2.42 bits per heavy atom. The van der Waals surface area contributed by atoms with E-state index in [4.69, 9.17) is 13.9 Å². The Morgan fingerprint density at radius 2 is 1.74 bits per heavy atom.